The molecule has 0 radical (unpaired) electrons. The van der Waals surface area contributed by atoms with E-state index in [0.717, 1.165) is 27.9 Å². The van der Waals surface area contributed by atoms with E-state index < -0.39 is 0 Å². The number of rotatable bonds is 6. The largest absolute Gasteiger partial charge is 0.497 e. The zero-order valence-corrected chi connectivity index (χ0v) is 14.7. The lowest BCUT2D eigenvalue weighted by molar-refractivity contribution is 0.400. The lowest BCUT2D eigenvalue weighted by Crippen LogP contribution is -1.98. The van der Waals surface area contributed by atoms with E-state index in [0.29, 0.717) is 5.75 Å². The summed E-state index contributed by atoms with van der Waals surface area (Å²) >= 11 is 1.61. The number of aryl methyl sites for hydroxylation is 1. The van der Waals surface area contributed by atoms with Crippen molar-refractivity contribution in [1.29, 1.82) is 0 Å². The maximum atomic E-state index is 5.44. The van der Waals surface area contributed by atoms with E-state index in [4.69, 9.17) is 9.47 Å². The minimum absolute atomic E-state index is 0.713. The highest BCUT2D eigenvalue weighted by molar-refractivity contribution is 7.98. The average Bonchev–Trinajstić information content (AvgIpc) is 3.08. The van der Waals surface area contributed by atoms with E-state index in [1.165, 1.54) is 5.56 Å². The van der Waals surface area contributed by atoms with Crippen LogP contribution in [0.3, 0.4) is 0 Å². The monoisotopic (exact) mass is 341 g/mol. The lowest BCUT2D eigenvalue weighted by atomic mass is 10.2. The molecule has 1 aromatic heterocycles. The van der Waals surface area contributed by atoms with E-state index in [1.54, 1.807) is 32.3 Å². The molecule has 5 nitrogen and oxygen atoms in total. The smallest absolute Gasteiger partial charge is 0.195 e. The molecule has 0 aliphatic rings. The lowest BCUT2D eigenvalue weighted by Gasteiger charge is -2.11. The third-order valence-electron chi connectivity index (χ3n) is 3.74. The zero-order chi connectivity index (χ0) is 16.9. The van der Waals surface area contributed by atoms with Crippen molar-refractivity contribution in [3.63, 3.8) is 0 Å². The fourth-order valence-corrected chi connectivity index (χ4v) is 3.36. The molecule has 124 valence electrons. The predicted octanol–water partition coefficient (Wildman–Crippen LogP) is 3.89. The molecule has 0 amide bonds. The number of hydrogen-bond donors (Lipinski definition) is 0. The number of ether oxygens (including phenoxy) is 2. The molecule has 0 saturated heterocycles. The molecule has 1 heterocycles. The van der Waals surface area contributed by atoms with Crippen LogP contribution in [0.15, 0.2) is 53.9 Å². The molecule has 2 aromatic carbocycles. The van der Waals surface area contributed by atoms with Gasteiger partial charge < -0.3 is 9.47 Å². The third kappa shape index (κ3) is 3.38. The van der Waals surface area contributed by atoms with Gasteiger partial charge >= 0.3 is 0 Å². The topological polar surface area (TPSA) is 49.2 Å². The number of para-hydroxylation sites is 1. The number of methoxy groups -OCH3 is 2. The molecule has 3 rings (SSSR count). The van der Waals surface area contributed by atoms with Crippen molar-refractivity contribution in [3.05, 3.63) is 59.9 Å². The van der Waals surface area contributed by atoms with Crippen LogP contribution in [0.25, 0.3) is 5.69 Å². The normalized spacial score (nSPS) is 10.6. The second-order valence-electron chi connectivity index (χ2n) is 5.24. The van der Waals surface area contributed by atoms with Crippen molar-refractivity contribution in [3.8, 4) is 17.2 Å². The van der Waals surface area contributed by atoms with E-state index in [2.05, 4.69) is 29.3 Å². The van der Waals surface area contributed by atoms with Gasteiger partial charge in [-0.2, -0.15) is 0 Å². The standard InChI is InChI=1S/C18H19N3O2S/c1-13-6-4-5-7-16(13)21-12-19-20-18(21)24-11-14-10-15(22-2)8-9-17(14)23-3/h4-10,12H,11H2,1-3H3. The van der Waals surface area contributed by atoms with Gasteiger partial charge in [0.25, 0.3) is 0 Å². The molecule has 0 fully saturated rings. The molecular formula is C18H19N3O2S. The quantitative estimate of drug-likeness (QED) is 0.637. The highest BCUT2D eigenvalue weighted by atomic mass is 32.2. The molecule has 0 bridgehead atoms. The van der Waals surface area contributed by atoms with Crippen LogP contribution in [0.2, 0.25) is 0 Å². The molecule has 0 aliphatic carbocycles. The Hall–Kier alpha value is -2.47. The first-order valence-electron chi connectivity index (χ1n) is 7.52. The molecule has 0 aliphatic heterocycles. The minimum atomic E-state index is 0.713. The Labute approximate surface area is 145 Å². The van der Waals surface area contributed by atoms with Gasteiger partial charge in [0.05, 0.1) is 19.9 Å². The molecular weight excluding hydrogens is 322 g/mol. The van der Waals surface area contributed by atoms with E-state index in [9.17, 15) is 0 Å². The van der Waals surface area contributed by atoms with Crippen molar-refractivity contribution in [2.24, 2.45) is 0 Å². The number of benzene rings is 2. The van der Waals surface area contributed by atoms with Gasteiger partial charge in [-0.3, -0.25) is 4.57 Å². The fraction of sp³-hybridized carbons (Fsp3) is 0.222. The summed E-state index contributed by atoms with van der Waals surface area (Å²) in [5.74, 6) is 2.36. The molecule has 3 aromatic rings. The average molecular weight is 341 g/mol. The van der Waals surface area contributed by atoms with Crippen LogP contribution in [0.4, 0.5) is 0 Å². The maximum Gasteiger partial charge on any atom is 0.195 e. The van der Waals surface area contributed by atoms with Gasteiger partial charge in [0.2, 0.25) is 0 Å². The Morgan fingerprint density at radius 3 is 2.67 bits per heavy atom. The number of thioether (sulfide) groups is 1. The molecule has 6 heteroatoms. The van der Waals surface area contributed by atoms with E-state index in [-0.39, 0.29) is 0 Å². The van der Waals surface area contributed by atoms with Crippen LogP contribution in [-0.4, -0.2) is 29.0 Å². The summed E-state index contributed by atoms with van der Waals surface area (Å²) in [6, 6.07) is 14.0. The maximum absolute atomic E-state index is 5.44. The summed E-state index contributed by atoms with van der Waals surface area (Å²) in [6.45, 7) is 2.08. The summed E-state index contributed by atoms with van der Waals surface area (Å²) in [5, 5.41) is 9.16. The summed E-state index contributed by atoms with van der Waals surface area (Å²) in [5.41, 5.74) is 3.32. The van der Waals surface area contributed by atoms with Gasteiger partial charge in [0.15, 0.2) is 5.16 Å². The second-order valence-corrected chi connectivity index (χ2v) is 6.18. The first kappa shape index (κ1) is 16.4. The predicted molar refractivity (Wildman–Crippen MR) is 95.2 cm³/mol. The number of nitrogens with zero attached hydrogens (tertiary/aromatic N) is 3. The van der Waals surface area contributed by atoms with Crippen molar-refractivity contribution in [1.82, 2.24) is 14.8 Å². The molecule has 0 atom stereocenters. The fourth-order valence-electron chi connectivity index (χ4n) is 2.46. The van der Waals surface area contributed by atoms with Crippen LogP contribution in [0, 0.1) is 6.92 Å². The molecule has 24 heavy (non-hydrogen) atoms. The highest BCUT2D eigenvalue weighted by Gasteiger charge is 2.11. The molecule has 0 N–H and O–H groups in total. The Morgan fingerprint density at radius 2 is 1.92 bits per heavy atom. The summed E-state index contributed by atoms with van der Waals surface area (Å²) < 4.78 is 12.7. The minimum Gasteiger partial charge on any atom is -0.497 e. The van der Waals surface area contributed by atoms with Gasteiger partial charge in [0, 0.05) is 11.3 Å². The van der Waals surface area contributed by atoms with Gasteiger partial charge in [-0.1, -0.05) is 30.0 Å². The molecule has 0 unspecified atom stereocenters. The SMILES string of the molecule is COc1ccc(OC)c(CSc2nncn2-c2ccccc2C)c1. The van der Waals surface area contributed by atoms with Gasteiger partial charge in [-0.25, -0.2) is 0 Å². The van der Waals surface area contributed by atoms with Gasteiger partial charge in [-0.15, -0.1) is 10.2 Å². The van der Waals surface area contributed by atoms with Crippen molar-refractivity contribution in [2.75, 3.05) is 14.2 Å². The van der Waals surface area contributed by atoms with Crippen molar-refractivity contribution < 1.29 is 9.47 Å². The number of aromatic nitrogens is 3. The summed E-state index contributed by atoms with van der Waals surface area (Å²) in [4.78, 5) is 0. The first-order valence-corrected chi connectivity index (χ1v) is 8.51. The van der Waals surface area contributed by atoms with Gasteiger partial charge in [0.1, 0.15) is 17.8 Å². The summed E-state index contributed by atoms with van der Waals surface area (Å²) in [6.07, 6.45) is 1.74. The zero-order valence-electron chi connectivity index (χ0n) is 13.9. The second kappa shape index (κ2) is 7.40. The summed E-state index contributed by atoms with van der Waals surface area (Å²) in [7, 11) is 3.33. The van der Waals surface area contributed by atoms with Crippen molar-refractivity contribution in [2.45, 2.75) is 17.8 Å². The van der Waals surface area contributed by atoms with E-state index >= 15 is 0 Å². The third-order valence-corrected chi connectivity index (χ3v) is 4.73. The Morgan fingerprint density at radius 1 is 1.08 bits per heavy atom. The van der Waals surface area contributed by atoms with Gasteiger partial charge in [-0.05, 0) is 36.8 Å². The Balaban J connectivity index is 1.84. The Kier molecular flexibility index (Phi) is 5.05. The van der Waals surface area contributed by atoms with Crippen molar-refractivity contribution >= 4 is 11.8 Å². The molecule has 0 spiro atoms. The Bertz CT molecular complexity index is 833. The van der Waals surface area contributed by atoms with E-state index in [1.807, 2.05) is 34.9 Å². The van der Waals surface area contributed by atoms with Crippen LogP contribution in [-0.2, 0) is 5.75 Å². The van der Waals surface area contributed by atoms with Crippen LogP contribution in [0.1, 0.15) is 11.1 Å². The van der Waals surface area contributed by atoms with Crippen LogP contribution < -0.4 is 9.47 Å². The van der Waals surface area contributed by atoms with Crippen LogP contribution >= 0.6 is 11.8 Å². The highest BCUT2D eigenvalue weighted by Crippen LogP contribution is 2.31. The molecule has 0 saturated carbocycles. The number of hydrogen-bond acceptors (Lipinski definition) is 5. The first-order chi connectivity index (χ1) is 11.7. The van der Waals surface area contributed by atoms with Crippen LogP contribution in [0.5, 0.6) is 11.5 Å².